The highest BCUT2D eigenvalue weighted by Gasteiger charge is 2.13. The number of anilines is 2. The lowest BCUT2D eigenvalue weighted by atomic mass is 10.1. The van der Waals surface area contributed by atoms with Crippen molar-refractivity contribution in [2.75, 3.05) is 12.4 Å². The molecule has 2 aromatic carbocycles. The summed E-state index contributed by atoms with van der Waals surface area (Å²) in [5.74, 6) is -0.852. The Bertz CT molecular complexity index is 893. The molecule has 0 atom stereocenters. The second-order valence-corrected chi connectivity index (χ2v) is 5.15. The molecule has 0 aliphatic carbocycles. The SMILES string of the molecule is COC(=O)c1cc(Nc2cccc(F)c2)c2cccc(C)c2n1. The molecule has 116 valence electrons. The lowest BCUT2D eigenvalue weighted by Gasteiger charge is -2.12. The van der Waals surface area contributed by atoms with Crippen molar-refractivity contribution in [3.63, 3.8) is 0 Å². The standard InChI is InChI=1S/C18H15FN2O2/c1-11-5-3-8-14-15(20-13-7-4-6-12(19)9-13)10-16(18(22)23-2)21-17(11)14/h3-10H,1-2H3,(H,20,21). The summed E-state index contributed by atoms with van der Waals surface area (Å²) in [5, 5.41) is 4.00. The monoisotopic (exact) mass is 310 g/mol. The van der Waals surface area contributed by atoms with Crippen LogP contribution in [0.25, 0.3) is 10.9 Å². The number of para-hydroxylation sites is 1. The number of hydrogen-bond acceptors (Lipinski definition) is 4. The van der Waals surface area contributed by atoms with Crippen LogP contribution >= 0.6 is 0 Å². The van der Waals surface area contributed by atoms with Gasteiger partial charge in [-0.3, -0.25) is 0 Å². The Kier molecular flexibility index (Phi) is 3.93. The van der Waals surface area contributed by atoms with Gasteiger partial charge >= 0.3 is 5.97 Å². The molecule has 4 nitrogen and oxygen atoms in total. The van der Waals surface area contributed by atoms with E-state index in [-0.39, 0.29) is 11.5 Å². The summed E-state index contributed by atoms with van der Waals surface area (Å²) in [4.78, 5) is 16.2. The smallest absolute Gasteiger partial charge is 0.356 e. The minimum atomic E-state index is -0.516. The maximum atomic E-state index is 13.4. The Hall–Kier alpha value is -2.95. The van der Waals surface area contributed by atoms with Crippen LogP contribution in [0.3, 0.4) is 0 Å². The Morgan fingerprint density at radius 3 is 2.70 bits per heavy atom. The predicted octanol–water partition coefficient (Wildman–Crippen LogP) is 4.21. The normalized spacial score (nSPS) is 10.6. The Labute approximate surface area is 132 Å². The van der Waals surface area contributed by atoms with Gasteiger partial charge in [0.05, 0.1) is 18.3 Å². The number of esters is 1. The molecule has 0 aliphatic heterocycles. The largest absolute Gasteiger partial charge is 0.464 e. The first-order valence-corrected chi connectivity index (χ1v) is 7.10. The highest BCUT2D eigenvalue weighted by molar-refractivity contribution is 5.99. The molecule has 0 bridgehead atoms. The van der Waals surface area contributed by atoms with Gasteiger partial charge in [0, 0.05) is 11.1 Å². The highest BCUT2D eigenvalue weighted by atomic mass is 19.1. The van der Waals surface area contributed by atoms with E-state index in [1.807, 2.05) is 25.1 Å². The molecule has 0 saturated carbocycles. The van der Waals surface area contributed by atoms with Crippen molar-refractivity contribution in [2.24, 2.45) is 0 Å². The lowest BCUT2D eigenvalue weighted by molar-refractivity contribution is 0.0594. The number of methoxy groups -OCH3 is 1. The van der Waals surface area contributed by atoms with Gasteiger partial charge in [0.2, 0.25) is 0 Å². The molecule has 1 N–H and O–H groups in total. The number of aromatic nitrogens is 1. The van der Waals surface area contributed by atoms with E-state index in [1.165, 1.54) is 19.2 Å². The minimum Gasteiger partial charge on any atom is -0.464 e. The summed E-state index contributed by atoms with van der Waals surface area (Å²) in [6.07, 6.45) is 0. The average molecular weight is 310 g/mol. The molecule has 0 radical (unpaired) electrons. The summed E-state index contributed by atoms with van der Waals surface area (Å²) >= 11 is 0. The minimum absolute atomic E-state index is 0.202. The number of pyridine rings is 1. The van der Waals surface area contributed by atoms with Gasteiger partial charge in [-0.15, -0.1) is 0 Å². The number of halogens is 1. The molecular formula is C18H15FN2O2. The predicted molar refractivity (Wildman–Crippen MR) is 87.5 cm³/mol. The molecule has 3 rings (SSSR count). The third kappa shape index (κ3) is 2.99. The van der Waals surface area contributed by atoms with Crippen molar-refractivity contribution in [1.82, 2.24) is 4.98 Å². The fourth-order valence-corrected chi connectivity index (χ4v) is 2.43. The third-order valence-corrected chi connectivity index (χ3v) is 3.54. The van der Waals surface area contributed by atoms with Gasteiger partial charge in [0.25, 0.3) is 0 Å². The number of aryl methyl sites for hydroxylation is 1. The number of benzene rings is 2. The summed E-state index contributed by atoms with van der Waals surface area (Å²) in [6.45, 7) is 1.92. The Morgan fingerprint density at radius 2 is 1.96 bits per heavy atom. The molecular weight excluding hydrogens is 295 g/mol. The van der Waals surface area contributed by atoms with Crippen molar-refractivity contribution < 1.29 is 13.9 Å². The van der Waals surface area contributed by atoms with Crippen LogP contribution in [0.2, 0.25) is 0 Å². The van der Waals surface area contributed by atoms with Crippen LogP contribution < -0.4 is 5.32 Å². The molecule has 0 aliphatic rings. The van der Waals surface area contributed by atoms with Gasteiger partial charge < -0.3 is 10.1 Å². The van der Waals surface area contributed by atoms with Gasteiger partial charge in [0.1, 0.15) is 5.82 Å². The van der Waals surface area contributed by atoms with Crippen LogP contribution in [0, 0.1) is 12.7 Å². The molecule has 0 spiro atoms. The summed E-state index contributed by atoms with van der Waals surface area (Å²) in [6, 6.07) is 13.5. The maximum Gasteiger partial charge on any atom is 0.356 e. The summed E-state index contributed by atoms with van der Waals surface area (Å²) in [5.41, 5.74) is 3.11. The number of hydrogen-bond donors (Lipinski definition) is 1. The van der Waals surface area contributed by atoms with E-state index in [0.29, 0.717) is 16.9 Å². The molecule has 23 heavy (non-hydrogen) atoms. The molecule has 0 unspecified atom stereocenters. The zero-order valence-corrected chi connectivity index (χ0v) is 12.8. The molecule has 0 saturated heterocycles. The van der Waals surface area contributed by atoms with E-state index in [0.717, 1.165) is 10.9 Å². The fourth-order valence-electron chi connectivity index (χ4n) is 2.43. The van der Waals surface area contributed by atoms with Crippen LogP contribution in [0.15, 0.2) is 48.5 Å². The van der Waals surface area contributed by atoms with Crippen molar-refractivity contribution in [3.05, 3.63) is 65.6 Å². The fraction of sp³-hybridized carbons (Fsp3) is 0.111. The number of rotatable bonds is 3. The number of carbonyl (C=O) groups excluding carboxylic acids is 1. The number of ether oxygens (including phenoxy) is 1. The average Bonchev–Trinajstić information content (AvgIpc) is 2.55. The molecule has 0 amide bonds. The quantitative estimate of drug-likeness (QED) is 0.736. The zero-order valence-electron chi connectivity index (χ0n) is 12.8. The second-order valence-electron chi connectivity index (χ2n) is 5.15. The first-order chi connectivity index (χ1) is 11.1. The molecule has 5 heteroatoms. The molecule has 1 aromatic heterocycles. The van der Waals surface area contributed by atoms with Gasteiger partial charge in [-0.25, -0.2) is 14.2 Å². The van der Waals surface area contributed by atoms with Gasteiger partial charge in [0.15, 0.2) is 5.69 Å². The van der Waals surface area contributed by atoms with Crippen LogP contribution in [-0.2, 0) is 4.74 Å². The van der Waals surface area contributed by atoms with E-state index < -0.39 is 5.97 Å². The van der Waals surface area contributed by atoms with E-state index in [1.54, 1.807) is 18.2 Å². The topological polar surface area (TPSA) is 51.2 Å². The third-order valence-electron chi connectivity index (χ3n) is 3.54. The van der Waals surface area contributed by atoms with E-state index in [4.69, 9.17) is 4.74 Å². The van der Waals surface area contributed by atoms with Gasteiger partial charge in [-0.1, -0.05) is 24.3 Å². The number of fused-ring (bicyclic) bond motifs is 1. The number of nitrogens with one attached hydrogen (secondary N) is 1. The molecule has 3 aromatic rings. The van der Waals surface area contributed by atoms with Crippen LogP contribution in [0.4, 0.5) is 15.8 Å². The van der Waals surface area contributed by atoms with Crippen LogP contribution in [0.1, 0.15) is 16.1 Å². The Balaban J connectivity index is 2.17. The van der Waals surface area contributed by atoms with Gasteiger partial charge in [-0.2, -0.15) is 0 Å². The highest BCUT2D eigenvalue weighted by Crippen LogP contribution is 2.28. The summed E-state index contributed by atoms with van der Waals surface area (Å²) in [7, 11) is 1.31. The van der Waals surface area contributed by atoms with E-state index >= 15 is 0 Å². The van der Waals surface area contributed by atoms with Crippen LogP contribution in [0.5, 0.6) is 0 Å². The molecule has 0 fully saturated rings. The first kappa shape index (κ1) is 15.0. The van der Waals surface area contributed by atoms with E-state index in [9.17, 15) is 9.18 Å². The maximum absolute atomic E-state index is 13.4. The number of nitrogens with zero attached hydrogens (tertiary/aromatic N) is 1. The van der Waals surface area contributed by atoms with Crippen molar-refractivity contribution in [3.8, 4) is 0 Å². The van der Waals surface area contributed by atoms with Gasteiger partial charge in [-0.05, 0) is 36.8 Å². The molecule has 1 heterocycles. The van der Waals surface area contributed by atoms with Crippen molar-refractivity contribution in [2.45, 2.75) is 6.92 Å². The number of carbonyl (C=O) groups is 1. The summed E-state index contributed by atoms with van der Waals surface area (Å²) < 4.78 is 18.1. The van der Waals surface area contributed by atoms with Crippen LogP contribution in [-0.4, -0.2) is 18.1 Å². The first-order valence-electron chi connectivity index (χ1n) is 7.10. The van der Waals surface area contributed by atoms with E-state index in [2.05, 4.69) is 10.3 Å². The van der Waals surface area contributed by atoms with Crippen molar-refractivity contribution >= 4 is 28.2 Å². The zero-order chi connectivity index (χ0) is 16.4. The van der Waals surface area contributed by atoms with Crippen molar-refractivity contribution in [1.29, 1.82) is 0 Å². The second kappa shape index (κ2) is 6.04. The Morgan fingerprint density at radius 1 is 1.17 bits per heavy atom. The lowest BCUT2D eigenvalue weighted by Crippen LogP contribution is -2.06.